The summed E-state index contributed by atoms with van der Waals surface area (Å²) in [4.78, 5) is 2.48. The monoisotopic (exact) mass is 184 g/mol. The first-order valence-corrected chi connectivity index (χ1v) is 5.33. The summed E-state index contributed by atoms with van der Waals surface area (Å²) in [5.74, 6) is 0. The molecular formula is C10H20N2O. The Morgan fingerprint density at radius 2 is 1.92 bits per heavy atom. The molecule has 2 unspecified atom stereocenters. The molecule has 13 heavy (non-hydrogen) atoms. The zero-order chi connectivity index (χ0) is 9.26. The minimum Gasteiger partial charge on any atom is -0.379 e. The third-order valence-corrected chi connectivity index (χ3v) is 3.46. The number of nitrogens with zero attached hydrogens (tertiary/aromatic N) is 1. The maximum Gasteiger partial charge on any atom is 0.0825 e. The molecule has 2 fully saturated rings. The van der Waals surface area contributed by atoms with Crippen LogP contribution in [0.25, 0.3) is 0 Å². The molecule has 0 spiro atoms. The van der Waals surface area contributed by atoms with Crippen molar-refractivity contribution in [1.29, 1.82) is 0 Å². The van der Waals surface area contributed by atoms with Crippen LogP contribution in [0, 0.1) is 0 Å². The van der Waals surface area contributed by atoms with E-state index in [1.165, 1.54) is 25.7 Å². The van der Waals surface area contributed by atoms with Crippen molar-refractivity contribution in [2.24, 2.45) is 5.73 Å². The smallest absolute Gasteiger partial charge is 0.0825 e. The highest BCUT2D eigenvalue weighted by Crippen LogP contribution is 2.26. The molecule has 1 aliphatic carbocycles. The van der Waals surface area contributed by atoms with E-state index in [1.807, 2.05) is 0 Å². The highest BCUT2D eigenvalue weighted by molar-refractivity contribution is 4.93. The predicted octanol–water partition coefficient (Wildman–Crippen LogP) is 0.587. The molecule has 2 atom stereocenters. The van der Waals surface area contributed by atoms with Crippen molar-refractivity contribution in [1.82, 2.24) is 4.90 Å². The van der Waals surface area contributed by atoms with Crippen LogP contribution < -0.4 is 5.73 Å². The van der Waals surface area contributed by atoms with Crippen molar-refractivity contribution in [3.05, 3.63) is 0 Å². The van der Waals surface area contributed by atoms with Crippen LogP contribution in [0.5, 0.6) is 0 Å². The van der Waals surface area contributed by atoms with Crippen LogP contribution in [-0.2, 0) is 4.74 Å². The summed E-state index contributed by atoms with van der Waals surface area (Å²) in [6.45, 7) is 2.18. The van der Waals surface area contributed by atoms with E-state index in [0.717, 1.165) is 13.1 Å². The second kappa shape index (κ2) is 3.95. The summed E-state index contributed by atoms with van der Waals surface area (Å²) in [6.07, 6.45) is 5.64. The van der Waals surface area contributed by atoms with Gasteiger partial charge in [0.25, 0.3) is 0 Å². The van der Waals surface area contributed by atoms with Gasteiger partial charge in [0.15, 0.2) is 0 Å². The van der Waals surface area contributed by atoms with Gasteiger partial charge in [-0.2, -0.15) is 0 Å². The first kappa shape index (κ1) is 9.44. The Kier molecular flexibility index (Phi) is 2.86. The van der Waals surface area contributed by atoms with Gasteiger partial charge in [-0.3, -0.25) is 4.90 Å². The zero-order valence-corrected chi connectivity index (χ0v) is 8.41. The van der Waals surface area contributed by atoms with Crippen molar-refractivity contribution in [2.75, 3.05) is 20.2 Å². The molecule has 0 radical (unpaired) electrons. The molecule has 2 aliphatic rings. The Balaban J connectivity index is 1.80. The van der Waals surface area contributed by atoms with Crippen molar-refractivity contribution < 1.29 is 4.74 Å². The summed E-state index contributed by atoms with van der Waals surface area (Å²) in [6, 6.07) is 1.05. The van der Waals surface area contributed by atoms with Crippen LogP contribution in [-0.4, -0.2) is 43.3 Å². The van der Waals surface area contributed by atoms with Crippen LogP contribution in [0.4, 0.5) is 0 Å². The number of methoxy groups -OCH3 is 1. The van der Waals surface area contributed by atoms with Crippen LogP contribution in [0.15, 0.2) is 0 Å². The Labute approximate surface area is 80.2 Å². The van der Waals surface area contributed by atoms with E-state index in [-0.39, 0.29) is 0 Å². The van der Waals surface area contributed by atoms with E-state index in [1.54, 1.807) is 7.11 Å². The van der Waals surface area contributed by atoms with Gasteiger partial charge in [0.1, 0.15) is 0 Å². The second-order valence-electron chi connectivity index (χ2n) is 4.33. The number of likely N-dealkylation sites (tertiary alicyclic amines) is 1. The normalized spacial score (nSPS) is 37.4. The quantitative estimate of drug-likeness (QED) is 0.682. The molecule has 1 saturated heterocycles. The van der Waals surface area contributed by atoms with Gasteiger partial charge in [-0.15, -0.1) is 0 Å². The fourth-order valence-electron chi connectivity index (χ4n) is 2.48. The maximum absolute atomic E-state index is 6.09. The lowest BCUT2D eigenvalue weighted by molar-refractivity contribution is -0.0608. The standard InChI is InChI=1S/C10H20N2O/c1-13-8-6-12(7-8)10-5-3-2-4-9(10)11/h8-10H,2-7,11H2,1H3. The average molecular weight is 184 g/mol. The number of hydrogen-bond donors (Lipinski definition) is 1. The summed E-state index contributed by atoms with van der Waals surface area (Å²) in [7, 11) is 1.79. The molecule has 0 aromatic rings. The number of rotatable bonds is 2. The van der Waals surface area contributed by atoms with Gasteiger partial charge in [-0.25, -0.2) is 0 Å². The molecular weight excluding hydrogens is 164 g/mol. The van der Waals surface area contributed by atoms with Gasteiger partial charge >= 0.3 is 0 Å². The molecule has 3 nitrogen and oxygen atoms in total. The Morgan fingerprint density at radius 1 is 1.23 bits per heavy atom. The lowest BCUT2D eigenvalue weighted by atomic mass is 9.88. The topological polar surface area (TPSA) is 38.5 Å². The van der Waals surface area contributed by atoms with Crippen molar-refractivity contribution in [2.45, 2.75) is 43.9 Å². The molecule has 1 saturated carbocycles. The summed E-state index contributed by atoms with van der Waals surface area (Å²) in [5, 5.41) is 0. The first-order chi connectivity index (χ1) is 6.31. The SMILES string of the molecule is COC1CN(C2CCCCC2N)C1. The number of nitrogens with two attached hydrogens (primary N) is 1. The van der Waals surface area contributed by atoms with Crippen molar-refractivity contribution >= 4 is 0 Å². The largest absolute Gasteiger partial charge is 0.379 e. The second-order valence-corrected chi connectivity index (χ2v) is 4.33. The Hall–Kier alpha value is -0.120. The third-order valence-electron chi connectivity index (χ3n) is 3.46. The predicted molar refractivity (Wildman–Crippen MR) is 52.6 cm³/mol. The maximum atomic E-state index is 6.09. The van der Waals surface area contributed by atoms with E-state index in [0.29, 0.717) is 18.2 Å². The fourth-order valence-corrected chi connectivity index (χ4v) is 2.48. The first-order valence-electron chi connectivity index (χ1n) is 5.33. The molecule has 1 heterocycles. The molecule has 76 valence electrons. The van der Waals surface area contributed by atoms with E-state index in [2.05, 4.69) is 4.90 Å². The van der Waals surface area contributed by atoms with E-state index >= 15 is 0 Å². The van der Waals surface area contributed by atoms with Crippen LogP contribution in [0.3, 0.4) is 0 Å². The summed E-state index contributed by atoms with van der Waals surface area (Å²) in [5.41, 5.74) is 6.09. The number of hydrogen-bond acceptors (Lipinski definition) is 3. The summed E-state index contributed by atoms with van der Waals surface area (Å²) >= 11 is 0. The van der Waals surface area contributed by atoms with Gasteiger partial charge in [0.05, 0.1) is 6.10 Å². The van der Waals surface area contributed by atoms with E-state index < -0.39 is 0 Å². The Morgan fingerprint density at radius 3 is 2.54 bits per heavy atom. The van der Waals surface area contributed by atoms with Gasteiger partial charge in [0, 0.05) is 32.3 Å². The molecule has 0 bridgehead atoms. The lowest BCUT2D eigenvalue weighted by Crippen LogP contribution is -2.61. The molecule has 2 N–H and O–H groups in total. The zero-order valence-electron chi connectivity index (χ0n) is 8.41. The Bertz CT molecular complexity index is 168. The molecule has 0 aromatic carbocycles. The van der Waals surface area contributed by atoms with Gasteiger partial charge < -0.3 is 10.5 Å². The lowest BCUT2D eigenvalue weighted by Gasteiger charge is -2.47. The average Bonchev–Trinajstić information content (AvgIpc) is 2.06. The molecule has 0 amide bonds. The van der Waals surface area contributed by atoms with E-state index in [4.69, 9.17) is 10.5 Å². The third kappa shape index (κ3) is 1.87. The van der Waals surface area contributed by atoms with Crippen molar-refractivity contribution in [3.63, 3.8) is 0 Å². The molecule has 3 heteroatoms. The van der Waals surface area contributed by atoms with E-state index in [9.17, 15) is 0 Å². The number of ether oxygens (including phenoxy) is 1. The van der Waals surface area contributed by atoms with Gasteiger partial charge in [0.2, 0.25) is 0 Å². The van der Waals surface area contributed by atoms with Crippen LogP contribution >= 0.6 is 0 Å². The highest BCUT2D eigenvalue weighted by atomic mass is 16.5. The minimum atomic E-state index is 0.409. The molecule has 1 aliphatic heterocycles. The minimum absolute atomic E-state index is 0.409. The fraction of sp³-hybridized carbons (Fsp3) is 1.00. The molecule has 2 rings (SSSR count). The highest BCUT2D eigenvalue weighted by Gasteiger charge is 2.35. The summed E-state index contributed by atoms with van der Waals surface area (Å²) < 4.78 is 5.26. The van der Waals surface area contributed by atoms with Crippen LogP contribution in [0.1, 0.15) is 25.7 Å². The van der Waals surface area contributed by atoms with Gasteiger partial charge in [-0.1, -0.05) is 12.8 Å². The molecule has 0 aromatic heterocycles. The van der Waals surface area contributed by atoms with Crippen LogP contribution in [0.2, 0.25) is 0 Å². The van der Waals surface area contributed by atoms with Gasteiger partial charge in [-0.05, 0) is 12.8 Å². The van der Waals surface area contributed by atoms with Crippen molar-refractivity contribution in [3.8, 4) is 0 Å².